The Hall–Kier alpha value is -4.19. The maximum absolute atomic E-state index is 12.9. The lowest BCUT2D eigenvalue weighted by atomic mass is 10.1. The number of likely N-dealkylation sites (N-methyl/N-ethyl adjacent to an activating group) is 2. The van der Waals surface area contributed by atoms with Crippen LogP contribution in [0.3, 0.4) is 0 Å². The van der Waals surface area contributed by atoms with Crippen LogP contribution in [0.25, 0.3) is 0 Å². The van der Waals surface area contributed by atoms with Crippen molar-refractivity contribution in [1.82, 2.24) is 14.9 Å². The monoisotopic (exact) mass is 502 g/mol. The maximum Gasteiger partial charge on any atom is 0.258 e. The molecular weight excluding hydrogens is 476 g/mol. The number of benzene rings is 2. The molecule has 0 aliphatic heterocycles. The van der Waals surface area contributed by atoms with Crippen molar-refractivity contribution in [2.45, 2.75) is 0 Å². The van der Waals surface area contributed by atoms with E-state index in [0.29, 0.717) is 27.7 Å². The van der Waals surface area contributed by atoms with Gasteiger partial charge in [-0.2, -0.15) is 5.10 Å². The number of hydrogen-bond donors (Lipinski definition) is 2. The molecule has 36 heavy (non-hydrogen) atoms. The number of halogens is 1. The van der Waals surface area contributed by atoms with Gasteiger partial charge in [-0.25, -0.2) is 4.98 Å². The quantitative estimate of drug-likeness (QED) is 0.262. The van der Waals surface area contributed by atoms with Gasteiger partial charge in [0, 0.05) is 37.5 Å². The summed E-state index contributed by atoms with van der Waals surface area (Å²) in [6.07, 6.45) is 8.67. The van der Waals surface area contributed by atoms with Gasteiger partial charge in [0.2, 0.25) is 0 Å². The lowest BCUT2D eigenvalue weighted by Crippen LogP contribution is -2.25. The van der Waals surface area contributed by atoms with E-state index in [2.05, 4.69) is 31.5 Å². The Morgan fingerprint density at radius 2 is 1.78 bits per heavy atom. The molecule has 9 heteroatoms. The van der Waals surface area contributed by atoms with Crippen LogP contribution in [0.15, 0.2) is 65.9 Å². The van der Waals surface area contributed by atoms with E-state index >= 15 is 0 Å². The summed E-state index contributed by atoms with van der Waals surface area (Å²) in [6.45, 7) is 1.69. The Morgan fingerprint density at radius 1 is 1.03 bits per heavy atom. The van der Waals surface area contributed by atoms with Crippen molar-refractivity contribution in [3.63, 3.8) is 0 Å². The lowest BCUT2D eigenvalue weighted by Gasteiger charge is -2.16. The number of nitrogens with one attached hydrogen (secondary N) is 2. The molecule has 2 amide bonds. The Morgan fingerprint density at radius 3 is 2.42 bits per heavy atom. The zero-order valence-corrected chi connectivity index (χ0v) is 21.1. The first-order valence-corrected chi connectivity index (χ1v) is 11.5. The van der Waals surface area contributed by atoms with Crippen molar-refractivity contribution >= 4 is 41.1 Å². The Kier molecular flexibility index (Phi) is 9.17. The molecule has 0 unspecified atom stereocenters. The third kappa shape index (κ3) is 7.67. The molecule has 3 aromatic rings. The van der Waals surface area contributed by atoms with Crippen molar-refractivity contribution in [2.75, 3.05) is 44.9 Å². The van der Waals surface area contributed by atoms with Crippen LogP contribution in [-0.2, 0) is 0 Å². The van der Waals surface area contributed by atoms with E-state index < -0.39 is 5.91 Å². The van der Waals surface area contributed by atoms with Gasteiger partial charge in [0.05, 0.1) is 22.5 Å². The maximum atomic E-state index is 12.9. The minimum absolute atomic E-state index is 0.208. The molecule has 8 nitrogen and oxygen atoms in total. The molecule has 0 radical (unpaired) electrons. The molecule has 0 aliphatic rings. The predicted molar refractivity (Wildman–Crippen MR) is 145 cm³/mol. The normalized spacial score (nSPS) is 10.8. The zero-order chi connectivity index (χ0) is 26.1. The summed E-state index contributed by atoms with van der Waals surface area (Å²) < 4.78 is 0. The predicted octanol–water partition coefficient (Wildman–Crippen LogP) is 4.05. The summed E-state index contributed by atoms with van der Waals surface area (Å²) in [5.74, 6) is 1.98. The first kappa shape index (κ1) is 26.4. The van der Waals surface area contributed by atoms with Crippen molar-refractivity contribution in [1.29, 1.82) is 0 Å². The fraction of sp³-hybridized carbons (Fsp3) is 0.185. The van der Waals surface area contributed by atoms with Crippen molar-refractivity contribution in [3.05, 3.63) is 88.1 Å². The van der Waals surface area contributed by atoms with Crippen LogP contribution in [0.4, 0.5) is 11.5 Å². The molecule has 0 fully saturated rings. The zero-order valence-electron chi connectivity index (χ0n) is 20.3. The molecule has 2 aromatic carbocycles. The van der Waals surface area contributed by atoms with Gasteiger partial charge in [-0.3, -0.25) is 14.6 Å². The van der Waals surface area contributed by atoms with Crippen LogP contribution in [0.5, 0.6) is 0 Å². The second-order valence-electron chi connectivity index (χ2n) is 8.23. The van der Waals surface area contributed by atoms with Crippen LogP contribution in [-0.4, -0.2) is 67.2 Å². The molecular formula is C27H27ClN6O2. The van der Waals surface area contributed by atoms with E-state index in [1.807, 2.05) is 26.2 Å². The molecule has 0 spiro atoms. The topological polar surface area (TPSA) is 89.9 Å². The smallest absolute Gasteiger partial charge is 0.258 e. The number of hydrazone groups is 1. The summed E-state index contributed by atoms with van der Waals surface area (Å²) >= 11 is 5.85. The molecule has 0 saturated carbocycles. The van der Waals surface area contributed by atoms with Gasteiger partial charge in [-0.15, -0.1) is 6.42 Å². The molecule has 2 N–H and O–H groups in total. The number of hydrogen-bond acceptors (Lipinski definition) is 6. The number of terminal acetylenes is 1. The summed E-state index contributed by atoms with van der Waals surface area (Å²) in [4.78, 5) is 32.0. The van der Waals surface area contributed by atoms with Gasteiger partial charge in [0.25, 0.3) is 11.8 Å². The molecule has 0 atom stereocenters. The largest absolute Gasteiger partial charge is 0.321 e. The number of carbonyl (C=O) groups excluding carboxylic acids is 2. The highest BCUT2D eigenvalue weighted by Gasteiger charge is 2.16. The summed E-state index contributed by atoms with van der Waals surface area (Å²) in [5, 5.41) is 12.2. The van der Waals surface area contributed by atoms with E-state index in [1.165, 1.54) is 12.3 Å². The van der Waals surface area contributed by atoms with E-state index in [4.69, 9.17) is 18.0 Å². The number of anilines is 2. The molecule has 3 rings (SSSR count). The second kappa shape index (κ2) is 12.5. The number of aromatic nitrogens is 1. The van der Waals surface area contributed by atoms with Crippen LogP contribution >= 0.6 is 11.6 Å². The number of nitrogens with zero attached hydrogens (tertiary/aromatic N) is 4. The van der Waals surface area contributed by atoms with Gasteiger partial charge >= 0.3 is 0 Å². The Balaban J connectivity index is 1.72. The van der Waals surface area contributed by atoms with Gasteiger partial charge in [0.15, 0.2) is 0 Å². The van der Waals surface area contributed by atoms with Crippen molar-refractivity contribution in [2.24, 2.45) is 5.10 Å². The molecule has 0 bridgehead atoms. The minimum Gasteiger partial charge on any atom is -0.321 e. The second-order valence-corrected chi connectivity index (χ2v) is 8.66. The van der Waals surface area contributed by atoms with Crippen molar-refractivity contribution in [3.8, 4) is 12.3 Å². The SMILES string of the molecule is C#Cc1ccc(NC(=O)c2ccc(C=NN(C)CCN(C)C)cc2)c(C(=O)Nc2ccc(Cl)cn2)c1. The van der Waals surface area contributed by atoms with Gasteiger partial charge in [0.1, 0.15) is 5.82 Å². The minimum atomic E-state index is -0.470. The van der Waals surface area contributed by atoms with Gasteiger partial charge < -0.3 is 15.5 Å². The lowest BCUT2D eigenvalue weighted by molar-refractivity contribution is 0.102. The fourth-order valence-electron chi connectivity index (χ4n) is 3.05. The standard InChI is InChI=1S/C27H27ClN6O2/c1-5-19-8-12-24(23(16-19)27(36)32-25-13-11-22(28)18-29-25)31-26(35)21-9-6-20(7-10-21)17-30-34(4)15-14-33(2)3/h1,6-13,16-18H,14-15H2,2-4H3,(H,31,35)(H,29,32,36). The van der Waals surface area contributed by atoms with Crippen molar-refractivity contribution < 1.29 is 9.59 Å². The van der Waals surface area contributed by atoms with Crippen LogP contribution in [0.2, 0.25) is 5.02 Å². The third-order valence-corrected chi connectivity index (χ3v) is 5.32. The summed E-state index contributed by atoms with van der Waals surface area (Å²) in [7, 11) is 5.93. The van der Waals surface area contributed by atoms with E-state index in [0.717, 1.165) is 18.7 Å². The molecule has 1 heterocycles. The third-order valence-electron chi connectivity index (χ3n) is 5.10. The van der Waals surface area contributed by atoms with E-state index in [-0.39, 0.29) is 11.5 Å². The number of pyridine rings is 1. The van der Waals surface area contributed by atoms with E-state index in [9.17, 15) is 9.59 Å². The van der Waals surface area contributed by atoms with Gasteiger partial charge in [-0.1, -0.05) is 29.7 Å². The number of rotatable bonds is 9. The Labute approximate surface area is 216 Å². The number of amides is 2. The highest BCUT2D eigenvalue weighted by Crippen LogP contribution is 2.21. The number of carbonyl (C=O) groups is 2. The summed E-state index contributed by atoms with van der Waals surface area (Å²) in [6, 6.07) is 15.0. The van der Waals surface area contributed by atoms with Crippen LogP contribution < -0.4 is 10.6 Å². The summed E-state index contributed by atoms with van der Waals surface area (Å²) in [5.41, 5.74) is 2.32. The van der Waals surface area contributed by atoms with Gasteiger partial charge in [-0.05, 0) is 62.1 Å². The van der Waals surface area contributed by atoms with Crippen LogP contribution in [0, 0.1) is 12.3 Å². The first-order valence-electron chi connectivity index (χ1n) is 11.1. The molecule has 1 aromatic heterocycles. The van der Waals surface area contributed by atoms with E-state index in [1.54, 1.807) is 54.7 Å². The highest BCUT2D eigenvalue weighted by molar-refractivity contribution is 6.30. The van der Waals surface area contributed by atoms with Crippen LogP contribution in [0.1, 0.15) is 31.8 Å². The Bertz CT molecular complexity index is 1280. The highest BCUT2D eigenvalue weighted by atomic mass is 35.5. The molecule has 0 saturated heterocycles. The average Bonchev–Trinajstić information content (AvgIpc) is 2.88. The molecule has 184 valence electrons. The fourth-order valence-corrected chi connectivity index (χ4v) is 3.16. The average molecular weight is 503 g/mol. The molecule has 0 aliphatic carbocycles. The first-order chi connectivity index (χ1) is 17.2.